The largest absolute Gasteiger partial charge is 0.396 e. The topological polar surface area (TPSA) is 61.8 Å². The Morgan fingerprint density at radius 3 is 2.74 bits per heavy atom. The van der Waals surface area contributed by atoms with E-state index in [-0.39, 0.29) is 24.6 Å². The van der Waals surface area contributed by atoms with E-state index in [1.165, 1.54) is 12.8 Å². The fourth-order valence-electron chi connectivity index (χ4n) is 3.10. The van der Waals surface area contributed by atoms with E-state index >= 15 is 0 Å². The van der Waals surface area contributed by atoms with E-state index in [9.17, 15) is 9.90 Å². The summed E-state index contributed by atoms with van der Waals surface area (Å²) in [7, 11) is 0. The van der Waals surface area contributed by atoms with Crippen molar-refractivity contribution in [2.75, 3.05) is 32.9 Å². The predicted molar refractivity (Wildman–Crippen MR) is 72.8 cm³/mol. The summed E-state index contributed by atoms with van der Waals surface area (Å²) in [5.74, 6) is 0.458. The minimum atomic E-state index is -0.171. The Balaban J connectivity index is 1.84. The van der Waals surface area contributed by atoms with Gasteiger partial charge < -0.3 is 20.1 Å². The molecule has 5 nitrogen and oxygen atoms in total. The molecular formula is C14H26N2O3. The number of nitrogens with one attached hydrogen (secondary N) is 1. The molecule has 0 spiro atoms. The molecule has 2 rings (SSSR count). The number of rotatable bonds is 4. The van der Waals surface area contributed by atoms with E-state index in [1.54, 1.807) is 0 Å². The fraction of sp³-hybridized carbons (Fsp3) is 0.929. The van der Waals surface area contributed by atoms with Crippen molar-refractivity contribution in [3.8, 4) is 0 Å². The Bertz CT molecular complexity index is 292. The maximum Gasteiger partial charge on any atom is 0.239 e. The van der Waals surface area contributed by atoms with Crippen LogP contribution in [0.25, 0.3) is 0 Å². The summed E-state index contributed by atoms with van der Waals surface area (Å²) in [6.07, 6.45) is 4.50. The first kappa shape index (κ1) is 14.8. The molecule has 1 aliphatic heterocycles. The van der Waals surface area contributed by atoms with Gasteiger partial charge in [0, 0.05) is 25.7 Å². The lowest BCUT2D eigenvalue weighted by Crippen LogP contribution is -2.53. The summed E-state index contributed by atoms with van der Waals surface area (Å²) in [6.45, 7) is 4.82. The summed E-state index contributed by atoms with van der Waals surface area (Å²) in [5, 5.41) is 12.8. The van der Waals surface area contributed by atoms with Gasteiger partial charge in [-0.3, -0.25) is 4.79 Å². The minimum Gasteiger partial charge on any atom is -0.396 e. The zero-order valence-corrected chi connectivity index (χ0v) is 11.8. The van der Waals surface area contributed by atoms with E-state index in [0.29, 0.717) is 32.2 Å². The van der Waals surface area contributed by atoms with Crippen LogP contribution in [0.4, 0.5) is 0 Å². The lowest BCUT2D eigenvalue weighted by atomic mass is 9.84. The number of nitrogens with zero attached hydrogens (tertiary/aromatic N) is 1. The first-order valence-corrected chi connectivity index (χ1v) is 7.46. The summed E-state index contributed by atoms with van der Waals surface area (Å²) in [6, 6.07) is 0.106. The molecule has 5 heteroatoms. The molecule has 110 valence electrons. The molecule has 0 aromatic rings. The molecule has 2 aliphatic rings. The van der Waals surface area contributed by atoms with Crippen molar-refractivity contribution < 1.29 is 14.6 Å². The Morgan fingerprint density at radius 2 is 2.05 bits per heavy atom. The second kappa shape index (κ2) is 7.22. The molecule has 1 saturated carbocycles. The van der Waals surface area contributed by atoms with Crippen LogP contribution in [0.3, 0.4) is 0 Å². The van der Waals surface area contributed by atoms with Gasteiger partial charge in [-0.15, -0.1) is 0 Å². The van der Waals surface area contributed by atoms with Crippen LogP contribution in [0.15, 0.2) is 0 Å². The highest BCUT2D eigenvalue weighted by molar-refractivity contribution is 5.81. The number of aliphatic hydroxyl groups is 1. The molecule has 0 bridgehead atoms. The Morgan fingerprint density at radius 1 is 1.37 bits per heavy atom. The van der Waals surface area contributed by atoms with Crippen molar-refractivity contribution in [2.24, 2.45) is 5.92 Å². The Kier molecular flexibility index (Phi) is 5.60. The number of hydrogen-bond donors (Lipinski definition) is 2. The molecule has 0 aromatic carbocycles. The highest BCUT2D eigenvalue weighted by atomic mass is 16.5. The molecule has 3 unspecified atom stereocenters. The van der Waals surface area contributed by atoms with Gasteiger partial charge in [-0.1, -0.05) is 12.8 Å². The number of hydrogen-bond acceptors (Lipinski definition) is 4. The Hall–Kier alpha value is -0.650. The molecule has 1 amide bonds. The number of ether oxygens (including phenoxy) is 1. The average Bonchev–Trinajstić information content (AvgIpc) is 2.48. The molecule has 1 aliphatic carbocycles. The molecule has 2 fully saturated rings. The van der Waals surface area contributed by atoms with Gasteiger partial charge in [0.05, 0.1) is 19.3 Å². The van der Waals surface area contributed by atoms with Crippen LogP contribution < -0.4 is 5.32 Å². The number of carbonyl (C=O) groups excluding carboxylic acids is 1. The Labute approximate surface area is 115 Å². The third-order valence-corrected chi connectivity index (χ3v) is 4.30. The fourth-order valence-corrected chi connectivity index (χ4v) is 3.10. The van der Waals surface area contributed by atoms with Gasteiger partial charge in [-0.2, -0.15) is 0 Å². The molecule has 3 atom stereocenters. The molecule has 2 N–H and O–H groups in total. The zero-order valence-electron chi connectivity index (χ0n) is 11.8. The van der Waals surface area contributed by atoms with Crippen LogP contribution >= 0.6 is 0 Å². The van der Waals surface area contributed by atoms with Crippen molar-refractivity contribution in [1.82, 2.24) is 10.2 Å². The van der Waals surface area contributed by atoms with E-state index in [4.69, 9.17) is 4.74 Å². The minimum absolute atomic E-state index is 0.158. The van der Waals surface area contributed by atoms with E-state index < -0.39 is 0 Å². The highest BCUT2D eigenvalue weighted by Crippen LogP contribution is 2.24. The number of morpholine rings is 1. The van der Waals surface area contributed by atoms with E-state index in [0.717, 1.165) is 12.8 Å². The number of carbonyl (C=O) groups is 1. The third kappa shape index (κ3) is 3.91. The van der Waals surface area contributed by atoms with E-state index in [1.807, 2.05) is 11.8 Å². The highest BCUT2D eigenvalue weighted by Gasteiger charge is 2.29. The van der Waals surface area contributed by atoms with Crippen LogP contribution in [-0.4, -0.2) is 60.9 Å². The van der Waals surface area contributed by atoms with Gasteiger partial charge >= 0.3 is 0 Å². The maximum atomic E-state index is 12.3. The standard InChI is InChI=1S/C14H26N2O3/c1-11(14(18)16-6-8-19-9-7-16)15-13-5-3-2-4-12(13)10-17/h11-13,15,17H,2-10H2,1H3. The van der Waals surface area contributed by atoms with Gasteiger partial charge in [0.2, 0.25) is 5.91 Å². The predicted octanol–water partition coefficient (Wildman–Crippen LogP) is 0.374. The van der Waals surface area contributed by atoms with Crippen LogP contribution in [0, 0.1) is 5.92 Å². The van der Waals surface area contributed by atoms with Crippen molar-refractivity contribution in [3.63, 3.8) is 0 Å². The lowest BCUT2D eigenvalue weighted by Gasteiger charge is -2.35. The molecule has 19 heavy (non-hydrogen) atoms. The van der Waals surface area contributed by atoms with Crippen LogP contribution in [-0.2, 0) is 9.53 Å². The summed E-state index contributed by atoms with van der Waals surface area (Å²) in [5.41, 5.74) is 0. The second-order valence-electron chi connectivity index (χ2n) is 5.66. The second-order valence-corrected chi connectivity index (χ2v) is 5.66. The van der Waals surface area contributed by atoms with Gasteiger partial charge in [0.25, 0.3) is 0 Å². The first-order chi connectivity index (χ1) is 9.22. The molecule has 0 radical (unpaired) electrons. The smallest absolute Gasteiger partial charge is 0.239 e. The SMILES string of the molecule is CC(NC1CCCCC1CO)C(=O)N1CCOCC1. The number of aliphatic hydroxyl groups excluding tert-OH is 1. The normalized spacial score (nSPS) is 30.1. The molecular weight excluding hydrogens is 244 g/mol. The van der Waals surface area contributed by atoms with Gasteiger partial charge in [0.1, 0.15) is 0 Å². The third-order valence-electron chi connectivity index (χ3n) is 4.30. The van der Waals surface area contributed by atoms with Gasteiger partial charge in [-0.25, -0.2) is 0 Å². The monoisotopic (exact) mass is 270 g/mol. The van der Waals surface area contributed by atoms with Crippen molar-refractivity contribution in [3.05, 3.63) is 0 Å². The van der Waals surface area contributed by atoms with Crippen molar-refractivity contribution in [1.29, 1.82) is 0 Å². The zero-order chi connectivity index (χ0) is 13.7. The van der Waals surface area contributed by atoms with Crippen LogP contribution in [0.1, 0.15) is 32.6 Å². The first-order valence-electron chi connectivity index (χ1n) is 7.46. The van der Waals surface area contributed by atoms with Crippen molar-refractivity contribution in [2.45, 2.75) is 44.7 Å². The molecule has 1 heterocycles. The maximum absolute atomic E-state index is 12.3. The number of amides is 1. The van der Waals surface area contributed by atoms with Crippen molar-refractivity contribution >= 4 is 5.91 Å². The quantitative estimate of drug-likeness (QED) is 0.775. The summed E-state index contributed by atoms with van der Waals surface area (Å²) < 4.78 is 5.27. The summed E-state index contributed by atoms with van der Waals surface area (Å²) in [4.78, 5) is 14.2. The lowest BCUT2D eigenvalue weighted by molar-refractivity contribution is -0.137. The average molecular weight is 270 g/mol. The van der Waals surface area contributed by atoms with E-state index in [2.05, 4.69) is 5.32 Å². The van der Waals surface area contributed by atoms with Gasteiger partial charge in [-0.05, 0) is 25.7 Å². The van der Waals surface area contributed by atoms with Crippen LogP contribution in [0.2, 0.25) is 0 Å². The molecule has 1 saturated heterocycles. The summed E-state index contributed by atoms with van der Waals surface area (Å²) >= 11 is 0. The van der Waals surface area contributed by atoms with Gasteiger partial charge in [0.15, 0.2) is 0 Å². The van der Waals surface area contributed by atoms with Crippen LogP contribution in [0.5, 0.6) is 0 Å². The molecule has 0 aromatic heterocycles.